The van der Waals surface area contributed by atoms with Crippen molar-refractivity contribution in [1.82, 2.24) is 5.32 Å². The van der Waals surface area contributed by atoms with Gasteiger partial charge < -0.3 is 20.1 Å². The topological polar surface area (TPSA) is 76.7 Å². The number of rotatable bonds is 10. The highest BCUT2D eigenvalue weighted by Gasteiger charge is 2.11. The maximum Gasteiger partial charge on any atom is 0.255 e. The average molecular weight is 370 g/mol. The summed E-state index contributed by atoms with van der Waals surface area (Å²) in [5, 5.41) is 5.73. The van der Waals surface area contributed by atoms with Crippen molar-refractivity contribution in [2.45, 2.75) is 26.3 Å². The van der Waals surface area contributed by atoms with Crippen LogP contribution in [0.25, 0.3) is 0 Å². The molecule has 2 aromatic carbocycles. The average Bonchev–Trinajstić information content (AvgIpc) is 2.68. The van der Waals surface area contributed by atoms with E-state index < -0.39 is 0 Å². The number of carbonyl (C=O) groups is 2. The van der Waals surface area contributed by atoms with Crippen LogP contribution in [0, 0.1) is 0 Å². The molecule has 6 nitrogen and oxygen atoms in total. The van der Waals surface area contributed by atoms with Crippen LogP contribution in [0.1, 0.15) is 35.7 Å². The molecule has 2 rings (SSSR count). The number of nitrogens with one attached hydrogen (secondary N) is 2. The third kappa shape index (κ3) is 6.75. The van der Waals surface area contributed by atoms with E-state index in [1.54, 1.807) is 25.3 Å². The van der Waals surface area contributed by atoms with Crippen molar-refractivity contribution in [3.8, 4) is 5.75 Å². The number of benzene rings is 2. The first-order chi connectivity index (χ1) is 13.1. The van der Waals surface area contributed by atoms with Gasteiger partial charge in [0.15, 0.2) is 0 Å². The Morgan fingerprint density at radius 3 is 2.44 bits per heavy atom. The van der Waals surface area contributed by atoms with Crippen LogP contribution >= 0.6 is 0 Å². The Bertz CT molecular complexity index is 744. The van der Waals surface area contributed by atoms with Gasteiger partial charge in [0.25, 0.3) is 5.91 Å². The van der Waals surface area contributed by atoms with Crippen LogP contribution in [-0.4, -0.2) is 32.1 Å². The quantitative estimate of drug-likeness (QED) is 0.629. The first kappa shape index (κ1) is 20.5. The van der Waals surface area contributed by atoms with E-state index in [4.69, 9.17) is 9.47 Å². The molecule has 0 aromatic heterocycles. The number of carbonyl (C=O) groups excluding carboxylic acids is 2. The lowest BCUT2D eigenvalue weighted by Gasteiger charge is -2.12. The Kier molecular flexibility index (Phi) is 8.32. The van der Waals surface area contributed by atoms with Gasteiger partial charge in [-0.3, -0.25) is 9.59 Å². The zero-order chi connectivity index (χ0) is 19.5. The molecule has 6 heteroatoms. The molecule has 2 amide bonds. The Morgan fingerprint density at radius 1 is 1.00 bits per heavy atom. The van der Waals surface area contributed by atoms with Gasteiger partial charge in [0, 0.05) is 25.8 Å². The van der Waals surface area contributed by atoms with Crippen LogP contribution in [0.4, 0.5) is 5.69 Å². The standard InChI is InChI=1S/C21H26N2O4/c1-3-6-20(24)23-17-11-9-16(10-12-17)15-22-21(25)18-7-4-5-8-19(18)27-14-13-26-2/h4-5,7-12H,3,6,13-15H2,1-2H3,(H,22,25)(H,23,24). The van der Waals surface area contributed by atoms with E-state index in [9.17, 15) is 9.59 Å². The summed E-state index contributed by atoms with van der Waals surface area (Å²) in [5.74, 6) is 0.327. The fourth-order valence-corrected chi connectivity index (χ4v) is 2.45. The molecule has 0 bridgehead atoms. The lowest BCUT2D eigenvalue weighted by Crippen LogP contribution is -2.23. The first-order valence-electron chi connectivity index (χ1n) is 9.01. The zero-order valence-electron chi connectivity index (χ0n) is 15.8. The summed E-state index contributed by atoms with van der Waals surface area (Å²) in [6.45, 7) is 3.18. The molecule has 0 saturated carbocycles. The number of hydrogen-bond donors (Lipinski definition) is 2. The van der Waals surface area contributed by atoms with Gasteiger partial charge in [-0.1, -0.05) is 31.2 Å². The fraction of sp³-hybridized carbons (Fsp3) is 0.333. The third-order valence-corrected chi connectivity index (χ3v) is 3.84. The second-order valence-corrected chi connectivity index (χ2v) is 6.02. The molecule has 0 aliphatic rings. The molecule has 0 atom stereocenters. The summed E-state index contributed by atoms with van der Waals surface area (Å²) in [7, 11) is 1.60. The molecular formula is C21H26N2O4. The highest BCUT2D eigenvalue weighted by atomic mass is 16.5. The molecule has 0 aliphatic heterocycles. The smallest absolute Gasteiger partial charge is 0.255 e. The molecule has 2 N–H and O–H groups in total. The largest absolute Gasteiger partial charge is 0.490 e. The summed E-state index contributed by atoms with van der Waals surface area (Å²) < 4.78 is 10.6. The first-order valence-corrected chi connectivity index (χ1v) is 9.01. The Hall–Kier alpha value is -2.86. The van der Waals surface area contributed by atoms with Crippen molar-refractivity contribution in [3.05, 3.63) is 59.7 Å². The summed E-state index contributed by atoms with van der Waals surface area (Å²) >= 11 is 0. The molecule has 27 heavy (non-hydrogen) atoms. The number of anilines is 1. The van der Waals surface area contributed by atoms with Gasteiger partial charge in [0.1, 0.15) is 12.4 Å². The maximum absolute atomic E-state index is 12.5. The molecule has 0 heterocycles. The van der Waals surface area contributed by atoms with Crippen molar-refractivity contribution in [2.24, 2.45) is 0 Å². The van der Waals surface area contributed by atoms with Crippen molar-refractivity contribution in [3.63, 3.8) is 0 Å². The summed E-state index contributed by atoms with van der Waals surface area (Å²) in [6.07, 6.45) is 1.32. The highest BCUT2D eigenvalue weighted by Crippen LogP contribution is 2.18. The van der Waals surface area contributed by atoms with Gasteiger partial charge in [0.2, 0.25) is 5.91 Å². The molecule has 0 saturated heterocycles. The molecule has 0 aliphatic carbocycles. The lowest BCUT2D eigenvalue weighted by molar-refractivity contribution is -0.116. The predicted octanol–water partition coefficient (Wildman–Crippen LogP) is 3.38. The van der Waals surface area contributed by atoms with Gasteiger partial charge in [0.05, 0.1) is 12.2 Å². The van der Waals surface area contributed by atoms with E-state index in [2.05, 4.69) is 10.6 Å². The Balaban J connectivity index is 1.91. The zero-order valence-corrected chi connectivity index (χ0v) is 15.8. The van der Waals surface area contributed by atoms with Crippen molar-refractivity contribution < 1.29 is 19.1 Å². The molecule has 0 unspecified atom stereocenters. The van der Waals surface area contributed by atoms with Crippen molar-refractivity contribution >= 4 is 17.5 Å². The number of methoxy groups -OCH3 is 1. The third-order valence-electron chi connectivity index (χ3n) is 3.84. The minimum atomic E-state index is -0.205. The molecule has 0 spiro atoms. The number of amides is 2. The van der Waals surface area contributed by atoms with Gasteiger partial charge in [-0.25, -0.2) is 0 Å². The van der Waals surface area contributed by atoms with E-state index in [1.807, 2.05) is 37.3 Å². The van der Waals surface area contributed by atoms with Gasteiger partial charge >= 0.3 is 0 Å². The number of hydrogen-bond acceptors (Lipinski definition) is 4. The highest BCUT2D eigenvalue weighted by molar-refractivity contribution is 5.96. The number of para-hydroxylation sites is 1. The van der Waals surface area contributed by atoms with Gasteiger partial charge in [-0.15, -0.1) is 0 Å². The monoisotopic (exact) mass is 370 g/mol. The van der Waals surface area contributed by atoms with E-state index in [0.29, 0.717) is 37.5 Å². The van der Waals surface area contributed by atoms with Crippen molar-refractivity contribution in [1.29, 1.82) is 0 Å². The van der Waals surface area contributed by atoms with Crippen LogP contribution in [0.3, 0.4) is 0 Å². The molecule has 144 valence electrons. The minimum Gasteiger partial charge on any atom is -0.490 e. The number of ether oxygens (including phenoxy) is 2. The van der Waals surface area contributed by atoms with Crippen LogP contribution in [-0.2, 0) is 16.1 Å². The molecule has 2 aromatic rings. The maximum atomic E-state index is 12.5. The molecule has 0 radical (unpaired) electrons. The van der Waals surface area contributed by atoms with Crippen LogP contribution in [0.2, 0.25) is 0 Å². The van der Waals surface area contributed by atoms with E-state index in [1.165, 1.54) is 0 Å². The molecular weight excluding hydrogens is 344 g/mol. The fourth-order valence-electron chi connectivity index (χ4n) is 2.45. The second-order valence-electron chi connectivity index (χ2n) is 6.02. The Labute approximate surface area is 159 Å². The van der Waals surface area contributed by atoms with Crippen LogP contribution < -0.4 is 15.4 Å². The predicted molar refractivity (Wildman–Crippen MR) is 105 cm³/mol. The van der Waals surface area contributed by atoms with Crippen molar-refractivity contribution in [2.75, 3.05) is 25.6 Å². The second kappa shape index (κ2) is 11.0. The van der Waals surface area contributed by atoms with E-state index in [-0.39, 0.29) is 11.8 Å². The Morgan fingerprint density at radius 2 is 1.74 bits per heavy atom. The van der Waals surface area contributed by atoms with Gasteiger partial charge in [-0.2, -0.15) is 0 Å². The lowest BCUT2D eigenvalue weighted by atomic mass is 10.1. The van der Waals surface area contributed by atoms with E-state index in [0.717, 1.165) is 17.7 Å². The summed E-state index contributed by atoms with van der Waals surface area (Å²) in [4.78, 5) is 24.1. The SMILES string of the molecule is CCCC(=O)Nc1ccc(CNC(=O)c2ccccc2OCCOC)cc1. The van der Waals surface area contributed by atoms with Crippen LogP contribution in [0.5, 0.6) is 5.75 Å². The minimum absolute atomic E-state index is 0.00336. The summed E-state index contributed by atoms with van der Waals surface area (Å²) in [5.41, 5.74) is 2.17. The molecule has 0 fully saturated rings. The van der Waals surface area contributed by atoms with E-state index >= 15 is 0 Å². The normalized spacial score (nSPS) is 10.3. The summed E-state index contributed by atoms with van der Waals surface area (Å²) in [6, 6.07) is 14.5. The van der Waals surface area contributed by atoms with Gasteiger partial charge in [-0.05, 0) is 36.2 Å². The van der Waals surface area contributed by atoms with Crippen LogP contribution in [0.15, 0.2) is 48.5 Å².